The van der Waals surface area contributed by atoms with Gasteiger partial charge in [0.2, 0.25) is 10.0 Å². The number of thiophene rings is 1. The minimum atomic E-state index is -3.48. The molecule has 1 aliphatic carbocycles. The quantitative estimate of drug-likeness (QED) is 0.902. The van der Waals surface area contributed by atoms with Crippen LogP contribution in [0.4, 0.5) is 0 Å². The maximum atomic E-state index is 12.4. The number of nitrogens with one attached hydrogen (secondary N) is 1. The van der Waals surface area contributed by atoms with E-state index in [0.29, 0.717) is 9.77 Å². The Balaban J connectivity index is 1.79. The molecule has 0 radical (unpaired) electrons. The van der Waals surface area contributed by atoms with Crippen LogP contribution in [0.1, 0.15) is 16.0 Å². The second-order valence-electron chi connectivity index (χ2n) is 4.91. The summed E-state index contributed by atoms with van der Waals surface area (Å²) in [5.74, 6) is 0. The molecule has 0 amide bonds. The van der Waals surface area contributed by atoms with Crippen LogP contribution >= 0.6 is 11.3 Å². The molecule has 0 atom stereocenters. The van der Waals surface area contributed by atoms with Crippen molar-refractivity contribution in [2.75, 3.05) is 0 Å². The van der Waals surface area contributed by atoms with Crippen LogP contribution in [-0.2, 0) is 29.4 Å². The predicted molar refractivity (Wildman–Crippen MR) is 80.2 cm³/mol. The molecule has 0 fully saturated rings. The zero-order chi connectivity index (χ0) is 14.2. The van der Waals surface area contributed by atoms with Gasteiger partial charge < -0.3 is 5.73 Å². The van der Waals surface area contributed by atoms with E-state index >= 15 is 0 Å². The standard InChI is InChI=1S/C14H16N2O2S2/c15-9-13-14(5-6-19-13)20(17,18)16-12-7-10-3-1-2-4-11(10)8-12/h1-6,12,16H,7-9,15H2. The average molecular weight is 308 g/mol. The van der Waals surface area contributed by atoms with E-state index in [1.807, 2.05) is 12.1 Å². The van der Waals surface area contributed by atoms with Crippen LogP contribution in [0, 0.1) is 0 Å². The fourth-order valence-electron chi connectivity index (χ4n) is 2.64. The van der Waals surface area contributed by atoms with Crippen molar-refractivity contribution in [3.05, 3.63) is 51.7 Å². The van der Waals surface area contributed by atoms with Gasteiger partial charge in [-0.25, -0.2) is 13.1 Å². The Labute approximate surface area is 122 Å². The number of hydrogen-bond acceptors (Lipinski definition) is 4. The van der Waals surface area contributed by atoms with Crippen molar-refractivity contribution in [3.8, 4) is 0 Å². The Morgan fingerprint density at radius 1 is 1.20 bits per heavy atom. The third-order valence-electron chi connectivity index (χ3n) is 3.55. The molecule has 4 nitrogen and oxygen atoms in total. The molecule has 0 spiro atoms. The van der Waals surface area contributed by atoms with Crippen molar-refractivity contribution in [2.45, 2.75) is 30.3 Å². The van der Waals surface area contributed by atoms with Gasteiger partial charge in [-0.15, -0.1) is 11.3 Å². The Morgan fingerprint density at radius 3 is 2.45 bits per heavy atom. The average Bonchev–Trinajstić information content (AvgIpc) is 3.03. The molecule has 1 aromatic carbocycles. The van der Waals surface area contributed by atoms with Gasteiger partial charge in [-0.1, -0.05) is 24.3 Å². The summed E-state index contributed by atoms with van der Waals surface area (Å²) in [5.41, 5.74) is 8.04. The molecule has 0 unspecified atom stereocenters. The van der Waals surface area contributed by atoms with Gasteiger partial charge in [0.1, 0.15) is 0 Å². The van der Waals surface area contributed by atoms with Gasteiger partial charge in [0.05, 0.1) is 4.90 Å². The highest BCUT2D eigenvalue weighted by molar-refractivity contribution is 7.89. The zero-order valence-electron chi connectivity index (χ0n) is 10.9. The van der Waals surface area contributed by atoms with E-state index in [-0.39, 0.29) is 12.6 Å². The van der Waals surface area contributed by atoms with E-state index < -0.39 is 10.0 Å². The summed E-state index contributed by atoms with van der Waals surface area (Å²) >= 11 is 1.38. The predicted octanol–water partition coefficient (Wildman–Crippen LogP) is 1.65. The molecular formula is C14H16N2O2S2. The van der Waals surface area contributed by atoms with Crippen molar-refractivity contribution in [3.63, 3.8) is 0 Å². The Hall–Kier alpha value is -1.21. The molecule has 0 aliphatic heterocycles. The van der Waals surface area contributed by atoms with Gasteiger partial charge in [0.15, 0.2) is 0 Å². The largest absolute Gasteiger partial charge is 0.326 e. The second kappa shape index (κ2) is 5.29. The number of rotatable bonds is 4. The normalized spacial score (nSPS) is 15.4. The number of fused-ring (bicyclic) bond motifs is 1. The summed E-state index contributed by atoms with van der Waals surface area (Å²) in [5, 5.41) is 1.76. The summed E-state index contributed by atoms with van der Waals surface area (Å²) in [6, 6.07) is 9.64. The maximum absolute atomic E-state index is 12.4. The molecule has 1 aromatic heterocycles. The highest BCUT2D eigenvalue weighted by Gasteiger charge is 2.27. The lowest BCUT2D eigenvalue weighted by molar-refractivity contribution is 0.555. The number of sulfonamides is 1. The van der Waals surface area contributed by atoms with Crippen molar-refractivity contribution in [1.29, 1.82) is 0 Å². The first kappa shape index (κ1) is 13.8. The molecule has 3 rings (SSSR count). The zero-order valence-corrected chi connectivity index (χ0v) is 12.5. The second-order valence-corrected chi connectivity index (χ2v) is 7.59. The van der Waals surface area contributed by atoms with Crippen LogP contribution in [0.15, 0.2) is 40.6 Å². The molecule has 6 heteroatoms. The van der Waals surface area contributed by atoms with Crippen molar-refractivity contribution in [2.24, 2.45) is 5.73 Å². The van der Waals surface area contributed by atoms with E-state index in [2.05, 4.69) is 16.9 Å². The van der Waals surface area contributed by atoms with Crippen molar-refractivity contribution in [1.82, 2.24) is 4.72 Å². The van der Waals surface area contributed by atoms with Crippen LogP contribution in [0.5, 0.6) is 0 Å². The topological polar surface area (TPSA) is 72.2 Å². The van der Waals surface area contributed by atoms with E-state index in [1.165, 1.54) is 22.5 Å². The Morgan fingerprint density at radius 2 is 1.85 bits per heavy atom. The maximum Gasteiger partial charge on any atom is 0.241 e. The molecule has 20 heavy (non-hydrogen) atoms. The molecule has 1 heterocycles. The third-order valence-corrected chi connectivity index (χ3v) is 6.23. The summed E-state index contributed by atoms with van der Waals surface area (Å²) in [7, 11) is -3.48. The Kier molecular flexibility index (Phi) is 3.64. The smallest absolute Gasteiger partial charge is 0.241 e. The fourth-order valence-corrected chi connectivity index (χ4v) is 5.21. The van der Waals surface area contributed by atoms with Crippen LogP contribution in [0.2, 0.25) is 0 Å². The van der Waals surface area contributed by atoms with Gasteiger partial charge in [0.25, 0.3) is 0 Å². The number of nitrogens with two attached hydrogens (primary N) is 1. The molecule has 2 aromatic rings. The summed E-state index contributed by atoms with van der Waals surface area (Å²) in [6.07, 6.45) is 1.50. The van der Waals surface area contributed by atoms with Crippen molar-refractivity contribution < 1.29 is 8.42 Å². The van der Waals surface area contributed by atoms with E-state index in [9.17, 15) is 8.42 Å². The number of benzene rings is 1. The molecule has 0 saturated carbocycles. The lowest BCUT2D eigenvalue weighted by Crippen LogP contribution is -2.35. The van der Waals surface area contributed by atoms with E-state index in [4.69, 9.17) is 5.73 Å². The molecular weight excluding hydrogens is 292 g/mol. The Bertz CT molecular complexity index is 697. The van der Waals surface area contributed by atoms with Crippen LogP contribution in [0.3, 0.4) is 0 Å². The summed E-state index contributed by atoms with van der Waals surface area (Å²) in [4.78, 5) is 1.02. The first-order chi connectivity index (χ1) is 9.60. The monoisotopic (exact) mass is 308 g/mol. The molecule has 106 valence electrons. The van der Waals surface area contributed by atoms with E-state index in [1.54, 1.807) is 11.4 Å². The first-order valence-corrected chi connectivity index (χ1v) is 8.82. The van der Waals surface area contributed by atoms with Crippen LogP contribution in [0.25, 0.3) is 0 Å². The molecule has 0 saturated heterocycles. The first-order valence-electron chi connectivity index (χ1n) is 6.45. The SMILES string of the molecule is NCc1sccc1S(=O)(=O)NC1Cc2ccccc2C1. The summed E-state index contributed by atoms with van der Waals surface area (Å²) < 4.78 is 27.6. The van der Waals surface area contributed by atoms with E-state index in [0.717, 1.165) is 12.8 Å². The fraction of sp³-hybridized carbons (Fsp3) is 0.286. The lowest BCUT2D eigenvalue weighted by atomic mass is 10.1. The summed E-state index contributed by atoms with van der Waals surface area (Å²) in [6.45, 7) is 0.249. The van der Waals surface area contributed by atoms with Gasteiger partial charge in [-0.05, 0) is 35.4 Å². The van der Waals surface area contributed by atoms with Gasteiger partial charge in [0, 0.05) is 17.5 Å². The number of hydrogen-bond donors (Lipinski definition) is 2. The van der Waals surface area contributed by atoms with Crippen molar-refractivity contribution >= 4 is 21.4 Å². The van der Waals surface area contributed by atoms with Crippen LogP contribution < -0.4 is 10.5 Å². The van der Waals surface area contributed by atoms with Gasteiger partial charge in [-0.3, -0.25) is 0 Å². The lowest BCUT2D eigenvalue weighted by Gasteiger charge is -2.12. The van der Waals surface area contributed by atoms with Gasteiger partial charge >= 0.3 is 0 Å². The highest BCUT2D eigenvalue weighted by atomic mass is 32.2. The molecule has 3 N–H and O–H groups in total. The third kappa shape index (κ3) is 2.52. The van der Waals surface area contributed by atoms with Gasteiger partial charge in [-0.2, -0.15) is 0 Å². The molecule has 0 bridgehead atoms. The highest BCUT2D eigenvalue weighted by Crippen LogP contribution is 2.25. The minimum absolute atomic E-state index is 0.0667. The molecule has 1 aliphatic rings. The van der Waals surface area contributed by atoms with Crippen LogP contribution in [-0.4, -0.2) is 14.5 Å². The minimum Gasteiger partial charge on any atom is -0.326 e.